The van der Waals surface area contributed by atoms with E-state index in [1.165, 1.54) is 0 Å². The lowest BCUT2D eigenvalue weighted by Crippen LogP contribution is -2.34. The van der Waals surface area contributed by atoms with Crippen molar-refractivity contribution in [2.45, 2.75) is 17.9 Å². The molecule has 2 rings (SSSR count). The van der Waals surface area contributed by atoms with Gasteiger partial charge in [-0.25, -0.2) is 0 Å². The van der Waals surface area contributed by atoms with E-state index in [1.54, 1.807) is 0 Å². The molecule has 1 aromatic rings. The zero-order valence-electron chi connectivity index (χ0n) is 7.40. The fourth-order valence-corrected chi connectivity index (χ4v) is 1.89. The number of rotatable bonds is 2. The van der Waals surface area contributed by atoms with E-state index >= 15 is 0 Å². The van der Waals surface area contributed by atoms with Gasteiger partial charge in [-0.3, -0.25) is 4.79 Å². The van der Waals surface area contributed by atoms with E-state index in [-0.39, 0.29) is 5.92 Å². The van der Waals surface area contributed by atoms with E-state index in [4.69, 9.17) is 10.8 Å². The summed E-state index contributed by atoms with van der Waals surface area (Å²) in [5.74, 6) is -0.946. The third-order valence-electron chi connectivity index (χ3n) is 2.67. The summed E-state index contributed by atoms with van der Waals surface area (Å²) < 4.78 is 0.986. The van der Waals surface area contributed by atoms with Crippen molar-refractivity contribution >= 4 is 21.9 Å². The van der Waals surface area contributed by atoms with Crippen LogP contribution in [0.4, 0.5) is 0 Å². The van der Waals surface area contributed by atoms with Gasteiger partial charge in [0.1, 0.15) is 5.54 Å². The van der Waals surface area contributed by atoms with Gasteiger partial charge in [-0.15, -0.1) is 0 Å². The van der Waals surface area contributed by atoms with Crippen LogP contribution in [0.5, 0.6) is 0 Å². The highest BCUT2D eigenvalue weighted by Gasteiger charge is 2.58. The molecule has 1 fully saturated rings. The van der Waals surface area contributed by atoms with Gasteiger partial charge >= 0.3 is 5.97 Å². The fraction of sp³-hybridized carbons (Fsp3) is 0.300. The van der Waals surface area contributed by atoms with Crippen molar-refractivity contribution < 1.29 is 9.90 Å². The van der Waals surface area contributed by atoms with Crippen molar-refractivity contribution in [1.29, 1.82) is 0 Å². The van der Waals surface area contributed by atoms with Crippen LogP contribution in [0.1, 0.15) is 17.9 Å². The molecule has 0 radical (unpaired) electrons. The molecule has 4 heteroatoms. The predicted molar refractivity (Wildman–Crippen MR) is 56.1 cm³/mol. The number of carboxylic acid groups (broad SMARTS) is 1. The van der Waals surface area contributed by atoms with Gasteiger partial charge in [-0.2, -0.15) is 0 Å². The Balaban J connectivity index is 2.21. The molecular weight excluding hydrogens is 246 g/mol. The van der Waals surface area contributed by atoms with Crippen molar-refractivity contribution in [1.82, 2.24) is 0 Å². The molecule has 2 atom stereocenters. The first-order valence-electron chi connectivity index (χ1n) is 4.32. The van der Waals surface area contributed by atoms with Crippen molar-refractivity contribution in [3.8, 4) is 0 Å². The van der Waals surface area contributed by atoms with Crippen LogP contribution in [-0.2, 0) is 4.79 Å². The summed E-state index contributed by atoms with van der Waals surface area (Å²) in [5.41, 5.74) is 5.66. The van der Waals surface area contributed by atoms with Crippen molar-refractivity contribution in [3.63, 3.8) is 0 Å². The largest absolute Gasteiger partial charge is 0.480 e. The first kappa shape index (κ1) is 9.68. The Morgan fingerprint density at radius 1 is 1.50 bits per heavy atom. The Kier molecular flexibility index (Phi) is 2.12. The Labute approximate surface area is 90.0 Å². The monoisotopic (exact) mass is 255 g/mol. The van der Waals surface area contributed by atoms with Gasteiger partial charge in [0.2, 0.25) is 0 Å². The highest BCUT2D eigenvalue weighted by atomic mass is 79.9. The first-order chi connectivity index (χ1) is 6.54. The molecule has 3 nitrogen and oxygen atoms in total. The Hall–Kier alpha value is -0.870. The molecule has 1 aromatic carbocycles. The van der Waals surface area contributed by atoms with Gasteiger partial charge in [0.15, 0.2) is 0 Å². The number of nitrogens with two attached hydrogens (primary N) is 1. The molecule has 0 spiro atoms. The molecule has 14 heavy (non-hydrogen) atoms. The zero-order valence-corrected chi connectivity index (χ0v) is 8.99. The van der Waals surface area contributed by atoms with Crippen molar-refractivity contribution in [2.75, 3.05) is 0 Å². The van der Waals surface area contributed by atoms with Gasteiger partial charge in [-0.1, -0.05) is 28.1 Å². The van der Waals surface area contributed by atoms with Crippen LogP contribution in [0.3, 0.4) is 0 Å². The van der Waals surface area contributed by atoms with E-state index in [2.05, 4.69) is 15.9 Å². The third kappa shape index (κ3) is 1.44. The standard InChI is InChI=1S/C10H10BrNO2/c11-7-3-1-6(2-4-7)8-5-10(8,12)9(13)14/h1-4,8H,5,12H2,(H,13,14)/t8-,10+/m0/s1. The molecule has 1 aliphatic rings. The summed E-state index contributed by atoms with van der Waals surface area (Å²) in [6.07, 6.45) is 0.532. The summed E-state index contributed by atoms with van der Waals surface area (Å²) in [4.78, 5) is 10.8. The molecular formula is C10H10BrNO2. The summed E-state index contributed by atoms with van der Waals surface area (Å²) in [6, 6.07) is 7.62. The maximum Gasteiger partial charge on any atom is 0.324 e. The second-order valence-corrected chi connectivity index (χ2v) is 4.57. The van der Waals surface area contributed by atoms with Crippen molar-refractivity contribution in [3.05, 3.63) is 34.3 Å². The molecule has 3 N–H and O–H groups in total. The molecule has 1 saturated carbocycles. The van der Waals surface area contributed by atoms with Gasteiger partial charge < -0.3 is 10.8 Å². The second-order valence-electron chi connectivity index (χ2n) is 3.65. The summed E-state index contributed by atoms with van der Waals surface area (Å²) in [7, 11) is 0. The number of carboxylic acids is 1. The number of hydrogen-bond acceptors (Lipinski definition) is 2. The number of benzene rings is 1. The van der Waals surface area contributed by atoms with E-state index in [9.17, 15) is 4.79 Å². The second kappa shape index (κ2) is 3.07. The maximum absolute atomic E-state index is 10.8. The lowest BCUT2D eigenvalue weighted by atomic mass is 10.1. The fourth-order valence-electron chi connectivity index (χ4n) is 1.63. The lowest BCUT2D eigenvalue weighted by molar-refractivity contribution is -0.139. The third-order valence-corrected chi connectivity index (χ3v) is 3.20. The summed E-state index contributed by atoms with van der Waals surface area (Å²) in [6.45, 7) is 0. The van der Waals surface area contributed by atoms with Crippen LogP contribution >= 0.6 is 15.9 Å². The number of aliphatic carboxylic acids is 1. The minimum Gasteiger partial charge on any atom is -0.480 e. The first-order valence-corrected chi connectivity index (χ1v) is 5.11. The summed E-state index contributed by atoms with van der Waals surface area (Å²) >= 11 is 3.32. The molecule has 0 heterocycles. The quantitative estimate of drug-likeness (QED) is 0.846. The van der Waals surface area contributed by atoms with Gasteiger partial charge in [0.25, 0.3) is 0 Å². The Morgan fingerprint density at radius 3 is 2.50 bits per heavy atom. The highest BCUT2D eigenvalue weighted by molar-refractivity contribution is 9.10. The molecule has 0 bridgehead atoms. The van der Waals surface area contributed by atoms with Gasteiger partial charge in [0.05, 0.1) is 0 Å². The molecule has 0 aromatic heterocycles. The normalized spacial score (nSPS) is 30.0. The SMILES string of the molecule is N[C@]1(C(=O)O)C[C@H]1c1ccc(Br)cc1. The topological polar surface area (TPSA) is 63.3 Å². The number of carbonyl (C=O) groups is 1. The van der Waals surface area contributed by atoms with E-state index < -0.39 is 11.5 Å². The number of halogens is 1. The zero-order chi connectivity index (χ0) is 10.3. The minimum atomic E-state index is -1.03. The average molecular weight is 256 g/mol. The Bertz CT molecular complexity index is 376. The molecule has 74 valence electrons. The van der Waals surface area contributed by atoms with Crippen molar-refractivity contribution in [2.24, 2.45) is 5.73 Å². The van der Waals surface area contributed by atoms with Crippen LogP contribution in [0.25, 0.3) is 0 Å². The molecule has 0 unspecified atom stereocenters. The highest BCUT2D eigenvalue weighted by Crippen LogP contribution is 2.49. The molecule has 0 saturated heterocycles. The van der Waals surface area contributed by atoms with Crippen LogP contribution < -0.4 is 5.73 Å². The number of hydrogen-bond donors (Lipinski definition) is 2. The average Bonchev–Trinajstić information content (AvgIpc) is 2.81. The van der Waals surface area contributed by atoms with Gasteiger partial charge in [0, 0.05) is 10.4 Å². The Morgan fingerprint density at radius 2 is 2.07 bits per heavy atom. The maximum atomic E-state index is 10.8. The summed E-state index contributed by atoms with van der Waals surface area (Å²) in [5, 5.41) is 8.86. The van der Waals surface area contributed by atoms with E-state index in [0.717, 1.165) is 10.0 Å². The van der Waals surface area contributed by atoms with Gasteiger partial charge in [-0.05, 0) is 24.1 Å². The smallest absolute Gasteiger partial charge is 0.324 e. The molecule has 1 aliphatic carbocycles. The minimum absolute atomic E-state index is 0.0342. The van der Waals surface area contributed by atoms with Crippen LogP contribution in [0.15, 0.2) is 28.7 Å². The lowest BCUT2D eigenvalue weighted by Gasteiger charge is -2.05. The molecule has 0 aliphatic heterocycles. The van der Waals surface area contributed by atoms with Crippen LogP contribution in [0.2, 0.25) is 0 Å². The van der Waals surface area contributed by atoms with Crippen LogP contribution in [-0.4, -0.2) is 16.6 Å². The molecule has 0 amide bonds. The predicted octanol–water partition coefficient (Wildman–Crippen LogP) is 1.72. The van der Waals surface area contributed by atoms with E-state index in [1.807, 2.05) is 24.3 Å². The van der Waals surface area contributed by atoms with Crippen LogP contribution in [0, 0.1) is 0 Å². The van der Waals surface area contributed by atoms with E-state index in [0.29, 0.717) is 6.42 Å².